The van der Waals surface area contributed by atoms with Crippen LogP contribution in [-0.4, -0.2) is 25.1 Å². The summed E-state index contributed by atoms with van der Waals surface area (Å²) in [6, 6.07) is 8.01. The molecule has 0 saturated carbocycles. The lowest BCUT2D eigenvalue weighted by atomic mass is 10.3. The van der Waals surface area contributed by atoms with Crippen LogP contribution in [0.5, 0.6) is 0 Å². The fourth-order valence-electron chi connectivity index (χ4n) is 1.67. The fraction of sp³-hybridized carbons (Fsp3) is 0.0769. The molecule has 21 heavy (non-hydrogen) atoms. The third kappa shape index (κ3) is 3.76. The number of amides is 1. The Kier molecular flexibility index (Phi) is 4.18. The van der Waals surface area contributed by atoms with Crippen LogP contribution in [0.1, 0.15) is 0 Å². The van der Waals surface area contributed by atoms with Crippen molar-refractivity contribution in [1.29, 1.82) is 0 Å². The summed E-state index contributed by atoms with van der Waals surface area (Å²) in [5.41, 5.74) is 5.67. The van der Waals surface area contributed by atoms with E-state index in [-0.39, 0.29) is 16.4 Å². The fourth-order valence-corrected chi connectivity index (χ4v) is 2.87. The number of nitrogens with two attached hydrogens (primary N) is 1. The third-order valence-electron chi connectivity index (χ3n) is 2.52. The van der Waals surface area contributed by atoms with Crippen molar-refractivity contribution in [1.82, 2.24) is 4.98 Å². The molecular formula is C13H12FN3O3S. The first-order valence-corrected chi connectivity index (χ1v) is 7.52. The van der Waals surface area contributed by atoms with Crippen molar-refractivity contribution in [2.24, 2.45) is 0 Å². The molecule has 6 nitrogen and oxygen atoms in total. The molecule has 0 fully saturated rings. The van der Waals surface area contributed by atoms with Gasteiger partial charge in [0.2, 0.25) is 15.7 Å². The third-order valence-corrected chi connectivity index (χ3v) is 4.10. The zero-order valence-electron chi connectivity index (χ0n) is 10.8. The number of pyridine rings is 1. The van der Waals surface area contributed by atoms with Crippen molar-refractivity contribution in [3.8, 4) is 0 Å². The van der Waals surface area contributed by atoms with Gasteiger partial charge < -0.3 is 11.1 Å². The van der Waals surface area contributed by atoms with Gasteiger partial charge in [-0.1, -0.05) is 6.07 Å². The molecule has 0 aliphatic heterocycles. The molecule has 0 atom stereocenters. The van der Waals surface area contributed by atoms with E-state index in [0.29, 0.717) is 0 Å². The van der Waals surface area contributed by atoms with Gasteiger partial charge in [-0.15, -0.1) is 0 Å². The maximum absolute atomic E-state index is 13.0. The quantitative estimate of drug-likeness (QED) is 0.884. The second kappa shape index (κ2) is 5.88. The van der Waals surface area contributed by atoms with E-state index in [1.54, 1.807) is 0 Å². The lowest BCUT2D eigenvalue weighted by Crippen LogP contribution is -2.24. The van der Waals surface area contributed by atoms with Gasteiger partial charge in [0.15, 0.2) is 5.03 Å². The zero-order chi connectivity index (χ0) is 15.5. The Hall–Kier alpha value is -2.48. The lowest BCUT2D eigenvalue weighted by molar-refractivity contribution is -0.113. The Morgan fingerprint density at radius 2 is 2.05 bits per heavy atom. The van der Waals surface area contributed by atoms with Gasteiger partial charge in [-0.25, -0.2) is 17.8 Å². The van der Waals surface area contributed by atoms with Crippen LogP contribution < -0.4 is 11.1 Å². The van der Waals surface area contributed by atoms with Gasteiger partial charge in [-0.05, 0) is 30.3 Å². The summed E-state index contributed by atoms with van der Waals surface area (Å²) < 4.78 is 37.1. The maximum Gasteiger partial charge on any atom is 0.240 e. The van der Waals surface area contributed by atoms with Crippen molar-refractivity contribution >= 4 is 27.1 Å². The number of sulfone groups is 1. The van der Waals surface area contributed by atoms with Gasteiger partial charge in [0.25, 0.3) is 0 Å². The average Bonchev–Trinajstić information content (AvgIpc) is 2.38. The predicted molar refractivity (Wildman–Crippen MR) is 75.7 cm³/mol. The van der Waals surface area contributed by atoms with Gasteiger partial charge in [0.1, 0.15) is 11.6 Å². The highest BCUT2D eigenvalue weighted by atomic mass is 32.2. The number of nitrogens with zero attached hydrogens (tertiary/aromatic N) is 1. The number of carbonyl (C=O) groups excluding carboxylic acids is 1. The number of aromatic nitrogens is 1. The highest BCUT2D eigenvalue weighted by Crippen LogP contribution is 2.16. The first kappa shape index (κ1) is 14.9. The normalized spacial score (nSPS) is 11.1. The first-order valence-electron chi connectivity index (χ1n) is 5.87. The van der Waals surface area contributed by atoms with Crippen molar-refractivity contribution in [2.75, 3.05) is 16.8 Å². The van der Waals surface area contributed by atoms with Gasteiger partial charge >= 0.3 is 0 Å². The van der Waals surface area contributed by atoms with Crippen molar-refractivity contribution in [2.45, 2.75) is 5.03 Å². The van der Waals surface area contributed by atoms with Crippen LogP contribution in [0.3, 0.4) is 0 Å². The first-order chi connectivity index (χ1) is 9.88. The summed E-state index contributed by atoms with van der Waals surface area (Å²) in [7, 11) is -3.96. The molecule has 110 valence electrons. The zero-order valence-corrected chi connectivity index (χ0v) is 11.6. The number of hydrogen-bond acceptors (Lipinski definition) is 5. The summed E-state index contributed by atoms with van der Waals surface area (Å²) in [5, 5.41) is 1.95. The Labute approximate surface area is 120 Å². The summed E-state index contributed by atoms with van der Waals surface area (Å²) in [4.78, 5) is 15.4. The van der Waals surface area contributed by atoms with E-state index in [1.165, 1.54) is 36.5 Å². The Balaban J connectivity index is 2.14. The smallest absolute Gasteiger partial charge is 0.240 e. The number of carbonyl (C=O) groups is 1. The minimum atomic E-state index is -3.96. The van der Waals surface area contributed by atoms with Gasteiger partial charge in [-0.2, -0.15) is 0 Å². The monoisotopic (exact) mass is 309 g/mol. The van der Waals surface area contributed by atoms with Crippen molar-refractivity contribution in [3.63, 3.8) is 0 Å². The van der Waals surface area contributed by atoms with E-state index in [2.05, 4.69) is 10.3 Å². The number of halogens is 1. The molecule has 0 aliphatic rings. The molecular weight excluding hydrogens is 297 g/mol. The minimum Gasteiger partial charge on any atom is -0.396 e. The van der Waals surface area contributed by atoms with Gasteiger partial charge in [0, 0.05) is 11.9 Å². The SMILES string of the molecule is Nc1cccnc1S(=O)(=O)CC(=O)Nc1cccc(F)c1. The van der Waals surface area contributed by atoms with Crippen LogP contribution in [-0.2, 0) is 14.6 Å². The molecule has 8 heteroatoms. The molecule has 1 amide bonds. The van der Waals surface area contributed by atoms with Crippen LogP contribution in [0, 0.1) is 5.82 Å². The van der Waals surface area contributed by atoms with E-state index in [0.717, 1.165) is 6.07 Å². The summed E-state index contributed by atoms with van der Waals surface area (Å²) in [5.74, 6) is -2.17. The lowest BCUT2D eigenvalue weighted by Gasteiger charge is -2.07. The topological polar surface area (TPSA) is 102 Å². The standard InChI is InChI=1S/C13H12FN3O3S/c14-9-3-1-4-10(7-9)17-12(18)8-21(19,20)13-11(15)5-2-6-16-13/h1-7H,8,15H2,(H,17,18). The summed E-state index contributed by atoms with van der Waals surface area (Å²) >= 11 is 0. The van der Waals surface area contributed by atoms with Crippen LogP contribution in [0.15, 0.2) is 47.6 Å². The van der Waals surface area contributed by atoms with Crippen LogP contribution in [0.2, 0.25) is 0 Å². The Morgan fingerprint density at radius 1 is 1.29 bits per heavy atom. The minimum absolute atomic E-state index is 0.0314. The van der Waals surface area contributed by atoms with Crippen LogP contribution >= 0.6 is 0 Å². The molecule has 1 aromatic heterocycles. The second-order valence-electron chi connectivity index (χ2n) is 4.22. The molecule has 0 unspecified atom stereocenters. The molecule has 1 heterocycles. The predicted octanol–water partition coefficient (Wildman–Crippen LogP) is 1.22. The summed E-state index contributed by atoms with van der Waals surface area (Å²) in [6.45, 7) is 0. The molecule has 2 rings (SSSR count). The van der Waals surface area contributed by atoms with E-state index in [9.17, 15) is 17.6 Å². The maximum atomic E-state index is 13.0. The van der Waals surface area contributed by atoms with Gasteiger partial charge in [0.05, 0.1) is 5.69 Å². The van der Waals surface area contributed by atoms with Crippen LogP contribution in [0.25, 0.3) is 0 Å². The van der Waals surface area contributed by atoms with Crippen molar-refractivity contribution in [3.05, 3.63) is 48.4 Å². The largest absolute Gasteiger partial charge is 0.396 e. The van der Waals surface area contributed by atoms with E-state index >= 15 is 0 Å². The molecule has 3 N–H and O–H groups in total. The van der Waals surface area contributed by atoms with E-state index < -0.39 is 27.3 Å². The highest BCUT2D eigenvalue weighted by Gasteiger charge is 2.23. The number of hydrogen-bond donors (Lipinski definition) is 2. The van der Waals surface area contributed by atoms with Crippen LogP contribution in [0.4, 0.5) is 15.8 Å². The molecule has 0 saturated heterocycles. The Morgan fingerprint density at radius 3 is 2.71 bits per heavy atom. The molecule has 0 aliphatic carbocycles. The molecule has 0 bridgehead atoms. The number of benzene rings is 1. The highest BCUT2D eigenvalue weighted by molar-refractivity contribution is 7.92. The molecule has 1 aromatic carbocycles. The number of nitrogens with one attached hydrogen (secondary N) is 1. The molecule has 0 spiro atoms. The number of anilines is 2. The molecule has 0 radical (unpaired) electrons. The van der Waals surface area contributed by atoms with Gasteiger partial charge in [-0.3, -0.25) is 4.79 Å². The molecule has 2 aromatic rings. The van der Waals surface area contributed by atoms with E-state index in [4.69, 9.17) is 5.73 Å². The number of nitrogen functional groups attached to an aromatic ring is 1. The Bertz CT molecular complexity index is 778. The van der Waals surface area contributed by atoms with E-state index in [1.807, 2.05) is 0 Å². The average molecular weight is 309 g/mol. The summed E-state index contributed by atoms with van der Waals surface area (Å²) in [6.07, 6.45) is 1.27. The van der Waals surface area contributed by atoms with Crippen molar-refractivity contribution < 1.29 is 17.6 Å². The second-order valence-corrected chi connectivity index (χ2v) is 6.12. The number of rotatable bonds is 4.